The molecule has 2 aromatic heterocycles. The molecule has 0 atom stereocenters. The molecule has 30 heavy (non-hydrogen) atoms. The van der Waals surface area contributed by atoms with Crippen LogP contribution in [-0.4, -0.2) is 45.9 Å². The first kappa shape index (κ1) is 19.2. The molecule has 4 aromatic rings. The minimum Gasteiger partial charge on any atom is -0.368 e. The molecule has 0 bridgehead atoms. The number of hydrogen-bond acceptors (Lipinski definition) is 5. The molecule has 0 spiro atoms. The Kier molecular flexibility index (Phi) is 4.97. The number of halogens is 2. The fraction of sp³-hybridized carbons (Fsp3) is 0.227. The molecule has 3 heterocycles. The van der Waals surface area contributed by atoms with Crippen molar-refractivity contribution in [2.45, 2.75) is 6.92 Å². The molecule has 6 nitrogen and oxygen atoms in total. The lowest BCUT2D eigenvalue weighted by atomic mass is 10.2. The highest BCUT2D eigenvalue weighted by molar-refractivity contribution is 6.31. The summed E-state index contributed by atoms with van der Waals surface area (Å²) in [6, 6.07) is 13.8. The Bertz CT molecular complexity index is 1210. The second-order valence-electron chi connectivity index (χ2n) is 7.38. The van der Waals surface area contributed by atoms with Gasteiger partial charge in [-0.25, -0.2) is 14.6 Å². The van der Waals surface area contributed by atoms with Gasteiger partial charge >= 0.3 is 0 Å². The number of hydrogen-bond donors (Lipinski definition) is 0. The van der Waals surface area contributed by atoms with E-state index in [9.17, 15) is 0 Å². The van der Waals surface area contributed by atoms with Gasteiger partial charge in [-0.05, 0) is 48.9 Å². The minimum atomic E-state index is 0.709. The topological polar surface area (TPSA) is 50.1 Å². The first-order valence-electron chi connectivity index (χ1n) is 9.81. The summed E-state index contributed by atoms with van der Waals surface area (Å²) in [6.45, 7) is 5.55. The van der Waals surface area contributed by atoms with Gasteiger partial charge in [0.1, 0.15) is 12.1 Å². The number of fused-ring (bicyclic) bond motifs is 1. The fourth-order valence-electron chi connectivity index (χ4n) is 3.97. The van der Waals surface area contributed by atoms with Crippen molar-refractivity contribution in [1.29, 1.82) is 0 Å². The lowest BCUT2D eigenvalue weighted by molar-refractivity contribution is 0.649. The Balaban J connectivity index is 1.43. The predicted octanol–water partition coefficient (Wildman–Crippen LogP) is 4.76. The van der Waals surface area contributed by atoms with Crippen LogP contribution in [0.5, 0.6) is 0 Å². The maximum Gasteiger partial charge on any atom is 0.168 e. The maximum atomic E-state index is 6.16. The van der Waals surface area contributed by atoms with E-state index >= 15 is 0 Å². The van der Waals surface area contributed by atoms with Crippen molar-refractivity contribution < 1.29 is 0 Å². The molecule has 8 heteroatoms. The van der Waals surface area contributed by atoms with Crippen LogP contribution < -0.4 is 9.80 Å². The summed E-state index contributed by atoms with van der Waals surface area (Å²) in [7, 11) is 0. The molecule has 1 aliphatic rings. The Hall–Kier alpha value is -2.83. The van der Waals surface area contributed by atoms with E-state index in [0.29, 0.717) is 5.02 Å². The van der Waals surface area contributed by atoms with Crippen molar-refractivity contribution in [3.8, 4) is 5.69 Å². The number of nitrogens with zero attached hydrogens (tertiary/aromatic N) is 6. The van der Waals surface area contributed by atoms with Crippen LogP contribution in [0.2, 0.25) is 10.0 Å². The zero-order valence-electron chi connectivity index (χ0n) is 16.5. The number of aryl methyl sites for hydroxylation is 1. The summed E-state index contributed by atoms with van der Waals surface area (Å²) in [6.07, 6.45) is 3.46. The molecule has 0 amide bonds. The van der Waals surface area contributed by atoms with Gasteiger partial charge in [-0.1, -0.05) is 29.3 Å². The summed E-state index contributed by atoms with van der Waals surface area (Å²) in [5, 5.41) is 7.02. The van der Waals surface area contributed by atoms with Gasteiger partial charge < -0.3 is 9.80 Å². The van der Waals surface area contributed by atoms with Crippen LogP contribution in [0, 0.1) is 6.92 Å². The molecule has 0 N–H and O–H groups in total. The van der Waals surface area contributed by atoms with Gasteiger partial charge in [-0.3, -0.25) is 0 Å². The summed E-state index contributed by atoms with van der Waals surface area (Å²) < 4.78 is 1.86. The van der Waals surface area contributed by atoms with E-state index in [-0.39, 0.29) is 0 Å². The highest BCUT2D eigenvalue weighted by Crippen LogP contribution is 2.28. The number of rotatable bonds is 3. The highest BCUT2D eigenvalue weighted by atomic mass is 35.5. The van der Waals surface area contributed by atoms with Gasteiger partial charge in [-0.2, -0.15) is 5.10 Å². The molecule has 0 aliphatic carbocycles. The first-order chi connectivity index (χ1) is 14.6. The molecular weight excluding hydrogens is 419 g/mol. The van der Waals surface area contributed by atoms with Gasteiger partial charge in [-0.15, -0.1) is 0 Å². The molecule has 1 saturated heterocycles. The van der Waals surface area contributed by atoms with Gasteiger partial charge in [0.15, 0.2) is 5.65 Å². The van der Waals surface area contributed by atoms with Crippen molar-refractivity contribution in [3.05, 3.63) is 70.6 Å². The lowest BCUT2D eigenvalue weighted by Gasteiger charge is -2.36. The smallest absolute Gasteiger partial charge is 0.168 e. The third kappa shape index (κ3) is 3.46. The number of benzene rings is 2. The van der Waals surface area contributed by atoms with Gasteiger partial charge in [0.25, 0.3) is 0 Å². The maximum absolute atomic E-state index is 6.16. The van der Waals surface area contributed by atoms with E-state index in [4.69, 9.17) is 23.2 Å². The second kappa shape index (κ2) is 7.78. The molecule has 0 unspecified atom stereocenters. The lowest BCUT2D eigenvalue weighted by Crippen LogP contribution is -2.46. The third-order valence-electron chi connectivity index (χ3n) is 5.48. The Morgan fingerprint density at radius 1 is 0.867 bits per heavy atom. The summed E-state index contributed by atoms with van der Waals surface area (Å²) in [4.78, 5) is 13.7. The van der Waals surface area contributed by atoms with Crippen molar-refractivity contribution in [2.24, 2.45) is 0 Å². The number of aromatic nitrogens is 4. The molecule has 152 valence electrons. The molecule has 0 saturated carbocycles. The van der Waals surface area contributed by atoms with Crippen LogP contribution in [0.4, 0.5) is 11.5 Å². The second-order valence-corrected chi connectivity index (χ2v) is 8.25. The molecule has 0 radical (unpaired) electrons. The van der Waals surface area contributed by atoms with Crippen LogP contribution in [0.1, 0.15) is 5.56 Å². The number of piperazine rings is 1. The van der Waals surface area contributed by atoms with E-state index in [1.165, 1.54) is 0 Å². The van der Waals surface area contributed by atoms with Crippen LogP contribution in [0.3, 0.4) is 0 Å². The monoisotopic (exact) mass is 438 g/mol. The largest absolute Gasteiger partial charge is 0.368 e. The van der Waals surface area contributed by atoms with Gasteiger partial charge in [0.05, 0.1) is 17.3 Å². The van der Waals surface area contributed by atoms with Crippen LogP contribution in [0.25, 0.3) is 16.7 Å². The Morgan fingerprint density at radius 2 is 1.63 bits per heavy atom. The zero-order chi connectivity index (χ0) is 20.7. The SMILES string of the molecule is Cc1cc(Cl)ccc1-n1ncc2c(N3CCN(c4cccc(Cl)c4)CC3)ncnc21. The summed E-state index contributed by atoms with van der Waals surface area (Å²) in [5.74, 6) is 0.920. The molecule has 1 aliphatic heterocycles. The average molecular weight is 439 g/mol. The van der Waals surface area contributed by atoms with E-state index < -0.39 is 0 Å². The number of anilines is 2. The standard InChI is InChI=1S/C22H20Cl2N6/c1-15-11-17(24)5-6-20(15)30-22-19(13-27-30)21(25-14-26-22)29-9-7-28(8-10-29)18-4-2-3-16(23)12-18/h2-6,11-14H,7-10H2,1H3. The minimum absolute atomic E-state index is 0.709. The first-order valence-corrected chi connectivity index (χ1v) is 10.6. The molecule has 5 rings (SSSR count). The van der Waals surface area contributed by atoms with Crippen LogP contribution in [0.15, 0.2) is 55.0 Å². The molecule has 1 fully saturated rings. The van der Waals surface area contributed by atoms with E-state index in [1.54, 1.807) is 6.33 Å². The van der Waals surface area contributed by atoms with Crippen LogP contribution in [-0.2, 0) is 0 Å². The highest BCUT2D eigenvalue weighted by Gasteiger charge is 2.22. The van der Waals surface area contributed by atoms with Gasteiger partial charge in [0, 0.05) is 41.9 Å². The molecular formula is C22H20Cl2N6. The van der Waals surface area contributed by atoms with Crippen LogP contribution >= 0.6 is 23.2 Å². The zero-order valence-corrected chi connectivity index (χ0v) is 18.0. The average Bonchev–Trinajstić information content (AvgIpc) is 3.18. The van der Waals surface area contributed by atoms with Gasteiger partial charge in [0.2, 0.25) is 0 Å². The normalized spacial score (nSPS) is 14.5. The molecule has 2 aromatic carbocycles. The van der Waals surface area contributed by atoms with Crippen molar-refractivity contribution >= 4 is 45.7 Å². The van der Waals surface area contributed by atoms with Crippen molar-refractivity contribution in [2.75, 3.05) is 36.0 Å². The summed E-state index contributed by atoms with van der Waals surface area (Å²) in [5.41, 5.74) is 3.95. The Morgan fingerprint density at radius 3 is 2.40 bits per heavy atom. The third-order valence-corrected chi connectivity index (χ3v) is 5.95. The quantitative estimate of drug-likeness (QED) is 0.461. The van der Waals surface area contributed by atoms with E-state index in [1.807, 2.05) is 54.2 Å². The van der Waals surface area contributed by atoms with Crippen molar-refractivity contribution in [1.82, 2.24) is 19.7 Å². The summed E-state index contributed by atoms with van der Waals surface area (Å²) >= 11 is 12.3. The predicted molar refractivity (Wildman–Crippen MR) is 122 cm³/mol. The Labute approximate surface area is 184 Å². The van der Waals surface area contributed by atoms with E-state index in [2.05, 4.69) is 30.9 Å². The fourth-order valence-corrected chi connectivity index (χ4v) is 4.38. The van der Waals surface area contributed by atoms with Crippen molar-refractivity contribution in [3.63, 3.8) is 0 Å². The van der Waals surface area contributed by atoms with E-state index in [0.717, 1.165) is 65.0 Å².